The first-order valence-corrected chi connectivity index (χ1v) is 8.57. The summed E-state index contributed by atoms with van der Waals surface area (Å²) in [6.45, 7) is 0. The molecule has 0 saturated heterocycles. The Hall–Kier alpha value is -3.28. The summed E-state index contributed by atoms with van der Waals surface area (Å²) in [4.78, 5) is 28.6. The Bertz CT molecular complexity index is 952. The molecule has 0 amide bonds. The number of para-hydroxylation sites is 1. The molecule has 0 aliphatic carbocycles. The summed E-state index contributed by atoms with van der Waals surface area (Å²) in [5.41, 5.74) is 3.75. The van der Waals surface area contributed by atoms with Crippen LogP contribution in [-0.2, 0) is 25.5 Å². The second-order valence-electron chi connectivity index (χ2n) is 6.27. The van der Waals surface area contributed by atoms with E-state index in [1.807, 2.05) is 54.6 Å². The number of allylic oxidation sites excluding steroid dienone is 3. The van der Waals surface area contributed by atoms with Gasteiger partial charge in [0, 0.05) is 41.5 Å². The number of methoxy groups -OCH3 is 2. The lowest BCUT2D eigenvalue weighted by atomic mass is 9.97. The Morgan fingerprint density at radius 1 is 1.22 bits per heavy atom. The van der Waals surface area contributed by atoms with Gasteiger partial charge >= 0.3 is 11.9 Å². The van der Waals surface area contributed by atoms with Crippen LogP contribution in [-0.4, -0.2) is 43.1 Å². The Morgan fingerprint density at radius 2 is 2.00 bits per heavy atom. The highest BCUT2D eigenvalue weighted by atomic mass is 16.5. The minimum atomic E-state index is -0.397. The van der Waals surface area contributed by atoms with E-state index in [1.54, 1.807) is 6.08 Å². The highest BCUT2D eigenvalue weighted by Crippen LogP contribution is 2.35. The number of likely N-dealkylation sites (N-methyl/N-ethyl adjacent to an activating group) is 1. The van der Waals surface area contributed by atoms with Crippen LogP contribution in [0.4, 0.5) is 0 Å². The summed E-state index contributed by atoms with van der Waals surface area (Å²) >= 11 is 0. The average Bonchev–Trinajstić information content (AvgIpc) is 3.03. The maximum absolute atomic E-state index is 11.9. The van der Waals surface area contributed by atoms with E-state index < -0.39 is 5.97 Å². The maximum atomic E-state index is 11.9. The molecule has 1 aromatic heterocycles. The molecular formula is C21H22N2O4. The SMILES string of the molecule is COC(=O)/C=C/C1=CN(C)C(c2c(CC(=O)OC)[nH]c3ccccc23)C=C1. The molecule has 0 saturated carbocycles. The van der Waals surface area contributed by atoms with Crippen molar-refractivity contribution >= 4 is 22.8 Å². The van der Waals surface area contributed by atoms with Gasteiger partial charge in [0.25, 0.3) is 0 Å². The number of H-pyrrole nitrogens is 1. The lowest BCUT2D eigenvalue weighted by Crippen LogP contribution is -2.21. The number of esters is 2. The van der Waals surface area contributed by atoms with Crippen molar-refractivity contribution in [3.63, 3.8) is 0 Å². The molecular weight excluding hydrogens is 344 g/mol. The number of carbonyl (C=O) groups excluding carboxylic acids is 2. The normalized spacial score (nSPS) is 16.6. The number of hydrogen-bond acceptors (Lipinski definition) is 5. The molecule has 140 valence electrons. The summed E-state index contributed by atoms with van der Waals surface area (Å²) in [6.07, 6.45) is 9.23. The third-order valence-corrected chi connectivity index (χ3v) is 4.55. The van der Waals surface area contributed by atoms with Gasteiger partial charge in [-0.25, -0.2) is 4.79 Å². The van der Waals surface area contributed by atoms with Gasteiger partial charge in [-0.1, -0.05) is 30.4 Å². The monoisotopic (exact) mass is 366 g/mol. The third-order valence-electron chi connectivity index (χ3n) is 4.55. The molecule has 1 unspecified atom stereocenters. The van der Waals surface area contributed by atoms with E-state index in [4.69, 9.17) is 4.74 Å². The number of hydrogen-bond donors (Lipinski definition) is 1. The molecule has 1 N–H and O–H groups in total. The minimum Gasteiger partial charge on any atom is -0.469 e. The average molecular weight is 366 g/mol. The smallest absolute Gasteiger partial charge is 0.330 e. The Balaban J connectivity index is 1.96. The number of aromatic amines is 1. The summed E-state index contributed by atoms with van der Waals surface area (Å²) in [7, 11) is 4.70. The van der Waals surface area contributed by atoms with E-state index in [1.165, 1.54) is 20.3 Å². The van der Waals surface area contributed by atoms with E-state index in [-0.39, 0.29) is 18.4 Å². The standard InChI is InChI=1S/C21H22N2O4/c1-23-13-14(9-11-19(24)26-2)8-10-18(23)21-15-6-4-5-7-16(15)22-17(21)12-20(25)27-3/h4-11,13,18,22H,12H2,1-3H3/b11-9+. The molecule has 1 aliphatic rings. The largest absolute Gasteiger partial charge is 0.469 e. The predicted molar refractivity (Wildman–Crippen MR) is 103 cm³/mol. The maximum Gasteiger partial charge on any atom is 0.330 e. The number of benzene rings is 1. The van der Waals surface area contributed by atoms with Gasteiger partial charge < -0.3 is 19.4 Å². The molecule has 2 heterocycles. The second-order valence-corrected chi connectivity index (χ2v) is 6.27. The highest BCUT2D eigenvalue weighted by molar-refractivity contribution is 5.87. The number of nitrogens with zero attached hydrogens (tertiary/aromatic N) is 1. The Morgan fingerprint density at radius 3 is 2.70 bits per heavy atom. The van der Waals surface area contributed by atoms with E-state index in [2.05, 4.69) is 9.72 Å². The summed E-state index contributed by atoms with van der Waals surface area (Å²) in [5, 5.41) is 1.07. The van der Waals surface area contributed by atoms with Gasteiger partial charge in [0.15, 0.2) is 0 Å². The number of nitrogens with one attached hydrogen (secondary N) is 1. The van der Waals surface area contributed by atoms with Crippen molar-refractivity contribution in [2.45, 2.75) is 12.5 Å². The molecule has 1 atom stereocenters. The first-order valence-electron chi connectivity index (χ1n) is 8.57. The van der Waals surface area contributed by atoms with Crippen LogP contribution in [0.25, 0.3) is 10.9 Å². The van der Waals surface area contributed by atoms with Crippen LogP contribution in [0.2, 0.25) is 0 Å². The van der Waals surface area contributed by atoms with Crippen molar-refractivity contribution < 1.29 is 19.1 Å². The number of fused-ring (bicyclic) bond motifs is 1. The molecule has 0 fully saturated rings. The zero-order valence-corrected chi connectivity index (χ0v) is 15.6. The van der Waals surface area contributed by atoms with Crippen LogP contribution in [0.5, 0.6) is 0 Å². The van der Waals surface area contributed by atoms with Crippen molar-refractivity contribution in [1.29, 1.82) is 0 Å². The summed E-state index contributed by atoms with van der Waals surface area (Å²) in [6, 6.07) is 7.93. The molecule has 0 spiro atoms. The molecule has 6 nitrogen and oxygen atoms in total. The lowest BCUT2D eigenvalue weighted by molar-refractivity contribution is -0.140. The van der Waals surface area contributed by atoms with Crippen LogP contribution in [0.1, 0.15) is 17.3 Å². The predicted octanol–water partition coefficient (Wildman–Crippen LogP) is 3.04. The van der Waals surface area contributed by atoms with Gasteiger partial charge in [-0.05, 0) is 17.7 Å². The summed E-state index contributed by atoms with van der Waals surface area (Å²) in [5.74, 6) is -0.687. The fourth-order valence-corrected chi connectivity index (χ4v) is 3.24. The zero-order valence-electron chi connectivity index (χ0n) is 15.6. The van der Waals surface area contributed by atoms with E-state index in [0.29, 0.717) is 0 Å². The van der Waals surface area contributed by atoms with Crippen molar-refractivity contribution in [2.24, 2.45) is 0 Å². The topological polar surface area (TPSA) is 71.6 Å². The molecule has 2 aromatic rings. The molecule has 0 bridgehead atoms. The molecule has 27 heavy (non-hydrogen) atoms. The van der Waals surface area contributed by atoms with Crippen molar-refractivity contribution in [2.75, 3.05) is 21.3 Å². The van der Waals surface area contributed by atoms with Gasteiger partial charge in [-0.3, -0.25) is 4.79 Å². The van der Waals surface area contributed by atoms with Crippen molar-refractivity contribution in [1.82, 2.24) is 9.88 Å². The van der Waals surface area contributed by atoms with Crippen LogP contribution < -0.4 is 0 Å². The van der Waals surface area contributed by atoms with E-state index in [9.17, 15) is 9.59 Å². The Labute approximate surface area is 157 Å². The third kappa shape index (κ3) is 3.95. The van der Waals surface area contributed by atoms with Gasteiger partial charge in [-0.2, -0.15) is 0 Å². The molecule has 1 aromatic carbocycles. The number of rotatable bonds is 5. The van der Waals surface area contributed by atoms with E-state index in [0.717, 1.165) is 27.7 Å². The number of carbonyl (C=O) groups is 2. The summed E-state index contributed by atoms with van der Waals surface area (Å²) < 4.78 is 9.47. The van der Waals surface area contributed by atoms with Crippen LogP contribution in [0, 0.1) is 0 Å². The van der Waals surface area contributed by atoms with Crippen molar-refractivity contribution in [3.05, 3.63) is 71.6 Å². The fourth-order valence-electron chi connectivity index (χ4n) is 3.24. The van der Waals surface area contributed by atoms with Crippen LogP contribution in [0.3, 0.4) is 0 Å². The molecule has 1 aliphatic heterocycles. The number of ether oxygens (including phenoxy) is 2. The molecule has 0 radical (unpaired) electrons. The highest BCUT2D eigenvalue weighted by Gasteiger charge is 2.24. The van der Waals surface area contributed by atoms with Crippen LogP contribution in [0.15, 0.2) is 60.3 Å². The fraction of sp³-hybridized carbons (Fsp3) is 0.238. The van der Waals surface area contributed by atoms with Crippen molar-refractivity contribution in [3.8, 4) is 0 Å². The quantitative estimate of drug-likeness (QED) is 0.650. The van der Waals surface area contributed by atoms with Gasteiger partial charge in [0.2, 0.25) is 0 Å². The number of aromatic nitrogens is 1. The first kappa shape index (κ1) is 18.5. The second kappa shape index (κ2) is 7.95. The van der Waals surface area contributed by atoms with Crippen LogP contribution >= 0.6 is 0 Å². The van der Waals surface area contributed by atoms with Gasteiger partial charge in [0.05, 0.1) is 26.7 Å². The molecule has 6 heteroatoms. The Kier molecular flexibility index (Phi) is 5.45. The zero-order chi connectivity index (χ0) is 19.4. The molecule has 3 rings (SSSR count). The van der Waals surface area contributed by atoms with Gasteiger partial charge in [0.1, 0.15) is 0 Å². The first-order chi connectivity index (χ1) is 13.0. The van der Waals surface area contributed by atoms with E-state index >= 15 is 0 Å². The minimum absolute atomic E-state index is 0.0453. The lowest BCUT2D eigenvalue weighted by Gasteiger charge is -2.28. The van der Waals surface area contributed by atoms with Gasteiger partial charge in [-0.15, -0.1) is 0 Å².